The van der Waals surface area contributed by atoms with Crippen LogP contribution >= 0.6 is 0 Å². The van der Waals surface area contributed by atoms with Crippen molar-refractivity contribution in [3.63, 3.8) is 0 Å². The topological polar surface area (TPSA) is 75.4 Å². The molecule has 1 fully saturated rings. The molecule has 1 atom stereocenters. The molecular formula is C16H21N3O2. The molecule has 21 heavy (non-hydrogen) atoms. The quantitative estimate of drug-likeness (QED) is 0.806. The number of carbonyl (C=O) groups is 2. The molecule has 1 aliphatic rings. The van der Waals surface area contributed by atoms with Gasteiger partial charge in [-0.1, -0.05) is 18.7 Å². The number of nitrogens with one attached hydrogen (secondary N) is 1. The zero-order valence-corrected chi connectivity index (χ0v) is 12.0. The number of nitrogens with zero attached hydrogens (tertiary/aromatic N) is 1. The van der Waals surface area contributed by atoms with E-state index in [4.69, 9.17) is 5.73 Å². The first kappa shape index (κ1) is 15.3. The Morgan fingerprint density at radius 3 is 3.00 bits per heavy atom. The zero-order chi connectivity index (χ0) is 15.2. The van der Waals surface area contributed by atoms with E-state index in [2.05, 4.69) is 16.8 Å². The number of piperidine rings is 1. The highest BCUT2D eigenvalue weighted by Crippen LogP contribution is 2.19. The summed E-state index contributed by atoms with van der Waals surface area (Å²) in [6.07, 6.45) is 3.11. The zero-order valence-electron chi connectivity index (χ0n) is 12.0. The van der Waals surface area contributed by atoms with E-state index in [0.717, 1.165) is 37.2 Å². The first-order chi connectivity index (χ1) is 10.1. The first-order valence-corrected chi connectivity index (χ1v) is 7.12. The van der Waals surface area contributed by atoms with Crippen molar-refractivity contribution in [3.05, 3.63) is 42.5 Å². The summed E-state index contributed by atoms with van der Waals surface area (Å²) in [5, 5.41) is 2.75. The molecule has 2 amide bonds. The molecule has 1 saturated heterocycles. The molecule has 0 spiro atoms. The van der Waals surface area contributed by atoms with Crippen LogP contribution in [0.4, 0.5) is 5.69 Å². The Hall–Kier alpha value is -2.14. The molecule has 1 unspecified atom stereocenters. The maximum absolute atomic E-state index is 11.3. The number of rotatable bonds is 5. The molecule has 1 aromatic rings. The van der Waals surface area contributed by atoms with Crippen molar-refractivity contribution in [2.24, 2.45) is 11.7 Å². The van der Waals surface area contributed by atoms with Gasteiger partial charge in [0.15, 0.2) is 0 Å². The number of nitrogens with two attached hydrogens (primary N) is 1. The lowest BCUT2D eigenvalue weighted by Gasteiger charge is -2.31. The van der Waals surface area contributed by atoms with Gasteiger partial charge < -0.3 is 11.1 Å². The Morgan fingerprint density at radius 1 is 1.48 bits per heavy atom. The van der Waals surface area contributed by atoms with Crippen molar-refractivity contribution in [2.45, 2.75) is 19.4 Å². The summed E-state index contributed by atoms with van der Waals surface area (Å²) in [5.74, 6) is -0.493. The van der Waals surface area contributed by atoms with Gasteiger partial charge in [0.1, 0.15) is 0 Å². The number of benzene rings is 1. The maximum atomic E-state index is 11.3. The van der Waals surface area contributed by atoms with E-state index in [-0.39, 0.29) is 17.7 Å². The normalized spacial score (nSPS) is 19.0. The second kappa shape index (κ2) is 7.04. The first-order valence-electron chi connectivity index (χ1n) is 7.12. The second-order valence-corrected chi connectivity index (χ2v) is 5.37. The smallest absolute Gasteiger partial charge is 0.247 e. The van der Waals surface area contributed by atoms with Gasteiger partial charge in [0.05, 0.1) is 5.92 Å². The summed E-state index contributed by atoms with van der Waals surface area (Å²) < 4.78 is 0. The van der Waals surface area contributed by atoms with Crippen LogP contribution in [0.1, 0.15) is 18.4 Å². The van der Waals surface area contributed by atoms with Crippen LogP contribution in [-0.2, 0) is 16.1 Å². The maximum Gasteiger partial charge on any atom is 0.247 e. The number of carbonyl (C=O) groups excluding carboxylic acids is 2. The highest BCUT2D eigenvalue weighted by atomic mass is 16.1. The van der Waals surface area contributed by atoms with Gasteiger partial charge in [-0.25, -0.2) is 0 Å². The predicted octanol–water partition coefficient (Wildman–Crippen LogP) is 1.51. The molecule has 3 N–H and O–H groups in total. The van der Waals surface area contributed by atoms with Crippen LogP contribution in [0, 0.1) is 5.92 Å². The van der Waals surface area contributed by atoms with Crippen LogP contribution in [0.5, 0.6) is 0 Å². The van der Waals surface area contributed by atoms with E-state index in [1.165, 1.54) is 6.08 Å². The van der Waals surface area contributed by atoms with Gasteiger partial charge in [-0.15, -0.1) is 0 Å². The highest BCUT2D eigenvalue weighted by molar-refractivity contribution is 5.98. The minimum absolute atomic E-state index is 0.0533. The lowest BCUT2D eigenvalue weighted by Crippen LogP contribution is -2.40. The van der Waals surface area contributed by atoms with Crippen LogP contribution in [0.2, 0.25) is 0 Å². The molecule has 0 saturated carbocycles. The fraction of sp³-hybridized carbons (Fsp3) is 0.375. The second-order valence-electron chi connectivity index (χ2n) is 5.37. The van der Waals surface area contributed by atoms with Crippen molar-refractivity contribution in [1.82, 2.24) is 4.90 Å². The minimum Gasteiger partial charge on any atom is -0.369 e. The lowest BCUT2D eigenvalue weighted by molar-refractivity contribution is -0.123. The van der Waals surface area contributed by atoms with Crippen LogP contribution in [0.15, 0.2) is 36.9 Å². The predicted molar refractivity (Wildman–Crippen MR) is 82.5 cm³/mol. The van der Waals surface area contributed by atoms with E-state index in [0.29, 0.717) is 6.54 Å². The number of amides is 2. The number of likely N-dealkylation sites (tertiary alicyclic amines) is 1. The molecule has 1 aromatic carbocycles. The third-order valence-electron chi connectivity index (χ3n) is 3.69. The third kappa shape index (κ3) is 4.43. The molecule has 0 aliphatic carbocycles. The number of anilines is 1. The summed E-state index contributed by atoms with van der Waals surface area (Å²) in [5.41, 5.74) is 7.24. The van der Waals surface area contributed by atoms with Crippen LogP contribution in [0.3, 0.4) is 0 Å². The van der Waals surface area contributed by atoms with Crippen molar-refractivity contribution >= 4 is 17.5 Å². The van der Waals surface area contributed by atoms with Gasteiger partial charge in [0.25, 0.3) is 0 Å². The van der Waals surface area contributed by atoms with Crippen molar-refractivity contribution in [2.75, 3.05) is 18.4 Å². The van der Waals surface area contributed by atoms with Gasteiger partial charge in [-0.3, -0.25) is 14.5 Å². The summed E-state index contributed by atoms with van der Waals surface area (Å²) in [6.45, 7) is 5.86. The van der Waals surface area contributed by atoms with Crippen LogP contribution in [-0.4, -0.2) is 29.8 Å². The molecule has 1 heterocycles. The van der Waals surface area contributed by atoms with Crippen molar-refractivity contribution < 1.29 is 9.59 Å². The molecule has 5 heteroatoms. The Bertz CT molecular complexity index is 542. The summed E-state index contributed by atoms with van der Waals surface area (Å²) >= 11 is 0. The molecule has 112 valence electrons. The molecule has 2 rings (SSSR count). The Balaban J connectivity index is 1.99. The van der Waals surface area contributed by atoms with Gasteiger partial charge in [-0.2, -0.15) is 0 Å². The third-order valence-corrected chi connectivity index (χ3v) is 3.69. The SMILES string of the molecule is C=CC(=O)Nc1cccc(CN2CCCC(C(N)=O)C2)c1. The van der Waals surface area contributed by atoms with Gasteiger partial charge in [-0.05, 0) is 43.2 Å². The molecule has 5 nitrogen and oxygen atoms in total. The average molecular weight is 287 g/mol. The Kier molecular flexibility index (Phi) is 5.11. The monoisotopic (exact) mass is 287 g/mol. The summed E-state index contributed by atoms with van der Waals surface area (Å²) in [6, 6.07) is 7.70. The van der Waals surface area contributed by atoms with Gasteiger partial charge >= 0.3 is 0 Å². The summed E-state index contributed by atoms with van der Waals surface area (Å²) in [7, 11) is 0. The lowest BCUT2D eigenvalue weighted by atomic mass is 9.97. The standard InChI is InChI=1S/C16H21N3O2/c1-2-15(20)18-14-7-3-5-12(9-14)10-19-8-4-6-13(11-19)16(17)21/h2-3,5,7,9,13H,1,4,6,8,10-11H2,(H2,17,21)(H,18,20). The molecular weight excluding hydrogens is 266 g/mol. The average Bonchev–Trinajstić information content (AvgIpc) is 2.47. The van der Waals surface area contributed by atoms with Crippen LogP contribution < -0.4 is 11.1 Å². The van der Waals surface area contributed by atoms with Gasteiger partial charge in [0.2, 0.25) is 11.8 Å². The van der Waals surface area contributed by atoms with Crippen molar-refractivity contribution in [3.8, 4) is 0 Å². The minimum atomic E-state index is -0.223. The largest absolute Gasteiger partial charge is 0.369 e. The van der Waals surface area contributed by atoms with E-state index < -0.39 is 0 Å². The van der Waals surface area contributed by atoms with E-state index in [1.54, 1.807) is 0 Å². The fourth-order valence-corrected chi connectivity index (χ4v) is 2.63. The Morgan fingerprint density at radius 2 is 2.29 bits per heavy atom. The molecule has 0 radical (unpaired) electrons. The number of primary amides is 1. The van der Waals surface area contributed by atoms with Crippen molar-refractivity contribution in [1.29, 1.82) is 0 Å². The van der Waals surface area contributed by atoms with E-state index in [9.17, 15) is 9.59 Å². The Labute approximate surface area is 124 Å². The molecule has 0 bridgehead atoms. The summed E-state index contributed by atoms with van der Waals surface area (Å²) in [4.78, 5) is 24.8. The molecule has 0 aromatic heterocycles. The van der Waals surface area contributed by atoms with E-state index in [1.807, 2.05) is 24.3 Å². The highest BCUT2D eigenvalue weighted by Gasteiger charge is 2.23. The van der Waals surface area contributed by atoms with E-state index >= 15 is 0 Å². The van der Waals surface area contributed by atoms with Crippen LogP contribution in [0.25, 0.3) is 0 Å². The van der Waals surface area contributed by atoms with Gasteiger partial charge in [0, 0.05) is 18.8 Å². The number of hydrogen-bond acceptors (Lipinski definition) is 3. The number of hydrogen-bond donors (Lipinski definition) is 2. The fourth-order valence-electron chi connectivity index (χ4n) is 2.63. The molecule has 1 aliphatic heterocycles.